The van der Waals surface area contributed by atoms with Gasteiger partial charge in [-0.2, -0.15) is 0 Å². The van der Waals surface area contributed by atoms with Crippen molar-refractivity contribution in [2.75, 3.05) is 5.75 Å². The number of sulfone groups is 1. The van der Waals surface area contributed by atoms with Crippen LogP contribution in [0, 0.1) is 12.8 Å². The van der Waals surface area contributed by atoms with E-state index < -0.39 is 21.5 Å². The van der Waals surface area contributed by atoms with Crippen LogP contribution >= 0.6 is 0 Å². The van der Waals surface area contributed by atoms with Gasteiger partial charge in [0.1, 0.15) is 5.75 Å². The molecule has 0 bridgehead atoms. The van der Waals surface area contributed by atoms with Crippen molar-refractivity contribution in [2.24, 2.45) is 5.92 Å². The second-order valence-electron chi connectivity index (χ2n) is 6.81. The van der Waals surface area contributed by atoms with Crippen molar-refractivity contribution < 1.29 is 13.2 Å². The van der Waals surface area contributed by atoms with Crippen molar-refractivity contribution >= 4 is 15.7 Å². The predicted octanol–water partition coefficient (Wildman–Crippen LogP) is 3.18. The first-order valence-corrected chi connectivity index (χ1v) is 10.4. The minimum absolute atomic E-state index is 0.0972. The third-order valence-electron chi connectivity index (χ3n) is 4.43. The smallest absolute Gasteiger partial charge is 0.235 e. The highest BCUT2D eigenvalue weighted by Gasteiger charge is 2.34. The molecule has 1 saturated carbocycles. The first-order chi connectivity index (χ1) is 11.9. The standard InChI is InChI=1S/C20H23NO3S/c1-15-7-9-17(10-8-15)20(18-11-12-18)21-19(22)14-25(23,24)13-16-5-3-2-4-6-16/h2-10,18,20H,11-14H2,1H3,(H,21,22). The van der Waals surface area contributed by atoms with Gasteiger partial charge in [-0.25, -0.2) is 8.42 Å². The van der Waals surface area contributed by atoms with Crippen molar-refractivity contribution in [2.45, 2.75) is 31.6 Å². The summed E-state index contributed by atoms with van der Waals surface area (Å²) < 4.78 is 24.6. The molecule has 0 spiro atoms. The Morgan fingerprint density at radius 2 is 1.72 bits per heavy atom. The van der Waals surface area contributed by atoms with Crippen LogP contribution in [0.2, 0.25) is 0 Å². The lowest BCUT2D eigenvalue weighted by atomic mass is 10.0. The number of carbonyl (C=O) groups excluding carboxylic acids is 1. The van der Waals surface area contributed by atoms with Crippen molar-refractivity contribution in [3.05, 3.63) is 71.3 Å². The normalized spacial score (nSPS) is 15.6. The molecule has 132 valence electrons. The maximum absolute atomic E-state index is 12.3. The summed E-state index contributed by atoms with van der Waals surface area (Å²) in [5.74, 6) is -0.603. The fraction of sp³-hybridized carbons (Fsp3) is 0.350. The molecular weight excluding hydrogens is 334 g/mol. The molecule has 1 aliphatic rings. The molecule has 0 aromatic heterocycles. The molecule has 1 fully saturated rings. The largest absolute Gasteiger partial charge is 0.348 e. The highest BCUT2D eigenvalue weighted by atomic mass is 32.2. The van der Waals surface area contributed by atoms with Crippen molar-refractivity contribution in [3.63, 3.8) is 0 Å². The molecule has 2 aromatic carbocycles. The lowest BCUT2D eigenvalue weighted by Gasteiger charge is -2.19. The monoisotopic (exact) mass is 357 g/mol. The Hall–Kier alpha value is -2.14. The Bertz CT molecular complexity index is 825. The molecule has 1 atom stereocenters. The SMILES string of the molecule is Cc1ccc(C(NC(=O)CS(=O)(=O)Cc2ccccc2)C2CC2)cc1. The summed E-state index contributed by atoms with van der Waals surface area (Å²) in [6, 6.07) is 16.9. The molecule has 2 aromatic rings. The molecule has 1 unspecified atom stereocenters. The molecule has 0 heterocycles. The Kier molecular flexibility index (Phi) is 5.23. The summed E-state index contributed by atoms with van der Waals surface area (Å²) in [7, 11) is -3.49. The maximum atomic E-state index is 12.3. The Balaban J connectivity index is 1.64. The summed E-state index contributed by atoms with van der Waals surface area (Å²) in [5.41, 5.74) is 2.91. The number of benzene rings is 2. The molecule has 0 radical (unpaired) electrons. The zero-order valence-electron chi connectivity index (χ0n) is 14.3. The van der Waals surface area contributed by atoms with Crippen LogP contribution in [0.1, 0.15) is 35.6 Å². The van der Waals surface area contributed by atoms with E-state index in [9.17, 15) is 13.2 Å². The van der Waals surface area contributed by atoms with Crippen LogP contribution in [0.3, 0.4) is 0 Å². The third-order valence-corrected chi connectivity index (χ3v) is 5.90. The van der Waals surface area contributed by atoms with Gasteiger partial charge in [0.05, 0.1) is 11.8 Å². The number of hydrogen-bond acceptors (Lipinski definition) is 3. The lowest BCUT2D eigenvalue weighted by molar-refractivity contribution is -0.119. The summed E-state index contributed by atoms with van der Waals surface area (Å²) in [6.45, 7) is 2.02. The predicted molar refractivity (Wildman–Crippen MR) is 98.7 cm³/mol. The van der Waals surface area contributed by atoms with E-state index in [-0.39, 0.29) is 11.8 Å². The molecule has 0 aliphatic heterocycles. The summed E-state index contributed by atoms with van der Waals surface area (Å²) in [5, 5.41) is 2.94. The van der Waals surface area contributed by atoms with Gasteiger partial charge in [-0.3, -0.25) is 4.79 Å². The Labute approximate surface area is 149 Å². The van der Waals surface area contributed by atoms with E-state index in [2.05, 4.69) is 5.32 Å². The number of nitrogens with one attached hydrogen (secondary N) is 1. The molecule has 0 saturated heterocycles. The Morgan fingerprint density at radius 1 is 1.08 bits per heavy atom. The number of aryl methyl sites for hydroxylation is 1. The van der Waals surface area contributed by atoms with Gasteiger partial charge in [-0.1, -0.05) is 60.2 Å². The van der Waals surface area contributed by atoms with Crippen LogP contribution in [0.25, 0.3) is 0 Å². The first kappa shape index (κ1) is 17.7. The van der Waals surface area contributed by atoms with Gasteiger partial charge in [0.25, 0.3) is 0 Å². The topological polar surface area (TPSA) is 63.2 Å². The van der Waals surface area contributed by atoms with Gasteiger partial charge in [-0.05, 0) is 36.8 Å². The first-order valence-electron chi connectivity index (χ1n) is 8.53. The molecule has 5 heteroatoms. The van der Waals surface area contributed by atoms with Gasteiger partial charge in [-0.15, -0.1) is 0 Å². The van der Waals surface area contributed by atoms with E-state index in [1.807, 2.05) is 37.3 Å². The molecule has 1 amide bonds. The molecule has 4 nitrogen and oxygen atoms in total. The average molecular weight is 357 g/mol. The highest BCUT2D eigenvalue weighted by molar-refractivity contribution is 7.91. The molecule has 3 rings (SSSR count). The van der Waals surface area contributed by atoms with Gasteiger partial charge in [0, 0.05) is 0 Å². The van der Waals surface area contributed by atoms with E-state index in [1.54, 1.807) is 24.3 Å². The highest BCUT2D eigenvalue weighted by Crippen LogP contribution is 2.41. The molecule has 25 heavy (non-hydrogen) atoms. The van der Waals surface area contributed by atoms with E-state index in [0.29, 0.717) is 11.5 Å². The van der Waals surface area contributed by atoms with E-state index >= 15 is 0 Å². The van der Waals surface area contributed by atoms with Crippen LogP contribution in [0.5, 0.6) is 0 Å². The van der Waals surface area contributed by atoms with Gasteiger partial charge in [0.15, 0.2) is 9.84 Å². The number of carbonyl (C=O) groups is 1. The van der Waals surface area contributed by atoms with Gasteiger partial charge < -0.3 is 5.32 Å². The zero-order chi connectivity index (χ0) is 17.9. The van der Waals surface area contributed by atoms with Crippen LogP contribution in [-0.4, -0.2) is 20.1 Å². The van der Waals surface area contributed by atoms with E-state index in [0.717, 1.165) is 24.0 Å². The van der Waals surface area contributed by atoms with Crippen molar-refractivity contribution in [3.8, 4) is 0 Å². The van der Waals surface area contributed by atoms with Crippen LogP contribution in [0.4, 0.5) is 0 Å². The van der Waals surface area contributed by atoms with Crippen LogP contribution in [-0.2, 0) is 20.4 Å². The summed E-state index contributed by atoms with van der Waals surface area (Å²) in [4.78, 5) is 12.3. The molecule has 1 aliphatic carbocycles. The third kappa shape index (κ3) is 5.16. The lowest BCUT2D eigenvalue weighted by Crippen LogP contribution is -2.35. The summed E-state index contributed by atoms with van der Waals surface area (Å²) >= 11 is 0. The minimum Gasteiger partial charge on any atom is -0.348 e. The van der Waals surface area contributed by atoms with Crippen LogP contribution < -0.4 is 5.32 Å². The summed E-state index contributed by atoms with van der Waals surface area (Å²) in [6.07, 6.45) is 2.13. The minimum atomic E-state index is -3.49. The van der Waals surface area contributed by atoms with E-state index in [4.69, 9.17) is 0 Å². The van der Waals surface area contributed by atoms with Gasteiger partial charge in [0.2, 0.25) is 5.91 Å². The Morgan fingerprint density at radius 3 is 2.32 bits per heavy atom. The van der Waals surface area contributed by atoms with Crippen molar-refractivity contribution in [1.82, 2.24) is 5.32 Å². The second-order valence-corrected chi connectivity index (χ2v) is 8.88. The van der Waals surface area contributed by atoms with Crippen LogP contribution in [0.15, 0.2) is 54.6 Å². The maximum Gasteiger partial charge on any atom is 0.235 e. The number of rotatable bonds is 7. The number of hydrogen-bond donors (Lipinski definition) is 1. The van der Waals surface area contributed by atoms with Crippen molar-refractivity contribution in [1.29, 1.82) is 0 Å². The van der Waals surface area contributed by atoms with Gasteiger partial charge >= 0.3 is 0 Å². The quantitative estimate of drug-likeness (QED) is 0.828. The fourth-order valence-electron chi connectivity index (χ4n) is 2.97. The van der Waals surface area contributed by atoms with E-state index in [1.165, 1.54) is 0 Å². The average Bonchev–Trinajstić information content (AvgIpc) is 3.38. The molecular formula is C20H23NO3S. The molecule has 1 N–H and O–H groups in total. The fourth-order valence-corrected chi connectivity index (χ4v) is 4.26. The zero-order valence-corrected chi connectivity index (χ0v) is 15.1. The number of amides is 1. The second kappa shape index (κ2) is 7.40.